The second-order valence-corrected chi connectivity index (χ2v) is 7.18. The van der Waals surface area contributed by atoms with Crippen LogP contribution in [0.2, 0.25) is 0 Å². The number of allylic oxidation sites excluding steroid dienone is 2. The van der Waals surface area contributed by atoms with E-state index in [1.807, 2.05) is 0 Å². The minimum Gasteiger partial charge on any atom is -0.497 e. The van der Waals surface area contributed by atoms with Crippen molar-refractivity contribution in [2.75, 3.05) is 14.2 Å². The van der Waals surface area contributed by atoms with Gasteiger partial charge in [0.15, 0.2) is 0 Å². The molecule has 0 fully saturated rings. The maximum Gasteiger partial charge on any atom is 0.409 e. The van der Waals surface area contributed by atoms with Gasteiger partial charge in [-0.3, -0.25) is 4.99 Å². The molecule has 0 saturated carbocycles. The SMILES string of the molecule is C=N/C=C(\C=C(/C)F)S(=O)(=O)N(C)[C@H](c1ccc(OC)cc1)C(F)(F)F. The van der Waals surface area contributed by atoms with E-state index in [0.29, 0.717) is 18.0 Å². The quantitative estimate of drug-likeness (QED) is 0.399. The molecular formula is C16H18F4N2O3S. The number of alkyl halides is 3. The summed E-state index contributed by atoms with van der Waals surface area (Å²) in [4.78, 5) is 2.48. The second-order valence-electron chi connectivity index (χ2n) is 5.18. The van der Waals surface area contributed by atoms with Crippen LogP contribution in [0.4, 0.5) is 17.6 Å². The van der Waals surface area contributed by atoms with Crippen LogP contribution in [0.5, 0.6) is 5.75 Å². The Morgan fingerprint density at radius 2 is 1.85 bits per heavy atom. The lowest BCUT2D eigenvalue weighted by Gasteiger charge is -2.29. The summed E-state index contributed by atoms with van der Waals surface area (Å²) in [5, 5.41) is 0. The Labute approximate surface area is 149 Å². The summed E-state index contributed by atoms with van der Waals surface area (Å²) in [5.41, 5.74) is -0.323. The maximum absolute atomic E-state index is 13.6. The topological polar surface area (TPSA) is 59.0 Å². The molecular weight excluding hydrogens is 376 g/mol. The van der Waals surface area contributed by atoms with Crippen LogP contribution >= 0.6 is 0 Å². The zero-order chi connectivity index (χ0) is 20.1. The van der Waals surface area contributed by atoms with Gasteiger partial charge < -0.3 is 4.74 Å². The second kappa shape index (κ2) is 8.45. The molecule has 5 nitrogen and oxygen atoms in total. The molecule has 0 radical (unpaired) electrons. The van der Waals surface area contributed by atoms with Gasteiger partial charge in [0.05, 0.1) is 12.9 Å². The van der Waals surface area contributed by atoms with Crippen LogP contribution in [0.25, 0.3) is 0 Å². The molecule has 10 heteroatoms. The molecule has 0 saturated heterocycles. The fourth-order valence-electron chi connectivity index (χ4n) is 2.16. The Morgan fingerprint density at radius 3 is 2.23 bits per heavy atom. The van der Waals surface area contributed by atoms with Gasteiger partial charge in [0.1, 0.15) is 16.7 Å². The summed E-state index contributed by atoms with van der Waals surface area (Å²) in [6.45, 7) is 4.01. The van der Waals surface area contributed by atoms with Crippen LogP contribution in [-0.2, 0) is 10.0 Å². The number of nitrogens with zero attached hydrogens (tertiary/aromatic N) is 2. The van der Waals surface area contributed by atoms with Crippen molar-refractivity contribution in [3.8, 4) is 5.75 Å². The summed E-state index contributed by atoms with van der Waals surface area (Å²) in [6.07, 6.45) is -3.67. The molecule has 0 aliphatic heterocycles. The molecule has 144 valence electrons. The van der Waals surface area contributed by atoms with E-state index in [4.69, 9.17) is 4.74 Å². The average molecular weight is 394 g/mol. The first kappa shape index (κ1) is 21.8. The van der Waals surface area contributed by atoms with Crippen molar-refractivity contribution >= 4 is 16.7 Å². The van der Waals surface area contributed by atoms with E-state index in [1.165, 1.54) is 19.2 Å². The zero-order valence-corrected chi connectivity index (χ0v) is 15.1. The van der Waals surface area contributed by atoms with Crippen LogP contribution in [0.3, 0.4) is 0 Å². The Bertz CT molecular complexity index is 796. The Balaban J connectivity index is 3.48. The largest absolute Gasteiger partial charge is 0.497 e. The molecule has 1 aromatic rings. The minimum absolute atomic E-state index is 0.116. The molecule has 0 bridgehead atoms. The van der Waals surface area contributed by atoms with E-state index in [2.05, 4.69) is 11.7 Å². The lowest BCUT2D eigenvalue weighted by molar-refractivity contribution is -0.171. The van der Waals surface area contributed by atoms with E-state index in [-0.39, 0.29) is 9.87 Å². The van der Waals surface area contributed by atoms with E-state index < -0.39 is 33.0 Å². The van der Waals surface area contributed by atoms with Crippen molar-refractivity contribution in [3.63, 3.8) is 0 Å². The third kappa shape index (κ3) is 5.15. The molecule has 0 aliphatic carbocycles. The first-order valence-electron chi connectivity index (χ1n) is 7.13. The Hall–Kier alpha value is -2.20. The fraction of sp³-hybridized carbons (Fsp3) is 0.312. The molecule has 26 heavy (non-hydrogen) atoms. The van der Waals surface area contributed by atoms with Crippen molar-refractivity contribution in [1.29, 1.82) is 0 Å². The average Bonchev–Trinajstić information content (AvgIpc) is 2.53. The van der Waals surface area contributed by atoms with Crippen molar-refractivity contribution in [3.05, 3.63) is 52.8 Å². The molecule has 0 aliphatic rings. The molecule has 0 unspecified atom stereocenters. The first-order valence-corrected chi connectivity index (χ1v) is 8.57. The molecule has 0 aromatic heterocycles. The van der Waals surface area contributed by atoms with Gasteiger partial charge in [-0.25, -0.2) is 12.8 Å². The number of hydrogen-bond donors (Lipinski definition) is 0. The molecule has 1 aromatic carbocycles. The van der Waals surface area contributed by atoms with Crippen molar-refractivity contribution in [1.82, 2.24) is 4.31 Å². The fourth-order valence-corrected chi connectivity index (χ4v) is 3.53. The van der Waals surface area contributed by atoms with Crippen LogP contribution in [0.1, 0.15) is 18.5 Å². The number of ether oxygens (including phenoxy) is 1. The van der Waals surface area contributed by atoms with Gasteiger partial charge in [-0.15, -0.1) is 0 Å². The third-order valence-electron chi connectivity index (χ3n) is 3.34. The van der Waals surface area contributed by atoms with Crippen molar-refractivity contribution in [2.45, 2.75) is 19.1 Å². The standard InChI is InChI=1S/C16H18F4N2O3S/c1-11(17)9-14(10-21-2)26(23,24)22(3)15(16(18,19)20)12-5-7-13(25-4)8-6-12/h5-10,15H,2H2,1,3-4H3/b11-9+,14-10+/t15-/m1/s1. The summed E-state index contributed by atoms with van der Waals surface area (Å²) in [5.74, 6) is -0.600. The molecule has 1 atom stereocenters. The number of hydrogen-bond acceptors (Lipinski definition) is 4. The predicted octanol–water partition coefficient (Wildman–Crippen LogP) is 3.98. The van der Waals surface area contributed by atoms with Crippen molar-refractivity contribution < 1.29 is 30.7 Å². The lowest BCUT2D eigenvalue weighted by Crippen LogP contribution is -2.40. The Morgan fingerprint density at radius 1 is 1.31 bits per heavy atom. The molecule has 0 N–H and O–H groups in total. The van der Waals surface area contributed by atoms with E-state index in [9.17, 15) is 26.0 Å². The van der Waals surface area contributed by atoms with Crippen molar-refractivity contribution in [2.24, 2.45) is 4.99 Å². The van der Waals surface area contributed by atoms with Crippen LogP contribution in [0.15, 0.2) is 52.3 Å². The zero-order valence-electron chi connectivity index (χ0n) is 14.3. The van der Waals surface area contributed by atoms with Gasteiger partial charge in [-0.1, -0.05) is 12.1 Å². The third-order valence-corrected chi connectivity index (χ3v) is 5.13. The minimum atomic E-state index is -4.92. The van der Waals surface area contributed by atoms with Crippen LogP contribution < -0.4 is 4.74 Å². The summed E-state index contributed by atoms with van der Waals surface area (Å²) in [7, 11) is -2.61. The lowest BCUT2D eigenvalue weighted by atomic mass is 10.1. The monoisotopic (exact) mass is 394 g/mol. The molecule has 0 heterocycles. The van der Waals surface area contributed by atoms with E-state index in [0.717, 1.165) is 26.1 Å². The van der Waals surface area contributed by atoms with Gasteiger partial charge >= 0.3 is 6.18 Å². The molecule has 1 rings (SSSR count). The van der Waals surface area contributed by atoms with Gasteiger partial charge in [0, 0.05) is 13.2 Å². The highest BCUT2D eigenvalue weighted by Gasteiger charge is 2.47. The van der Waals surface area contributed by atoms with Gasteiger partial charge in [-0.05, 0) is 37.4 Å². The summed E-state index contributed by atoms with van der Waals surface area (Å²) < 4.78 is 84.1. The van der Waals surface area contributed by atoms with Gasteiger partial charge in [-0.2, -0.15) is 17.5 Å². The maximum atomic E-state index is 13.6. The Kier molecular flexibility index (Phi) is 7.10. The smallest absolute Gasteiger partial charge is 0.409 e. The first-order chi connectivity index (χ1) is 11.9. The molecule has 0 amide bonds. The van der Waals surface area contributed by atoms with Gasteiger partial charge in [0.25, 0.3) is 0 Å². The highest BCUT2D eigenvalue weighted by molar-refractivity contribution is 7.93. The highest BCUT2D eigenvalue weighted by Crippen LogP contribution is 2.40. The number of benzene rings is 1. The highest BCUT2D eigenvalue weighted by atomic mass is 32.2. The number of methoxy groups -OCH3 is 1. The summed E-state index contributed by atoms with van der Waals surface area (Å²) >= 11 is 0. The van der Waals surface area contributed by atoms with Gasteiger partial charge in [0.2, 0.25) is 10.0 Å². The number of rotatable bonds is 7. The normalized spacial score (nSPS) is 15.1. The van der Waals surface area contributed by atoms with Crippen LogP contribution in [-0.4, -0.2) is 39.8 Å². The summed E-state index contributed by atoms with van der Waals surface area (Å²) in [6, 6.07) is 2.28. The van der Waals surface area contributed by atoms with E-state index in [1.54, 1.807) is 0 Å². The predicted molar refractivity (Wildman–Crippen MR) is 91.0 cm³/mol. The van der Waals surface area contributed by atoms with Crippen LogP contribution in [0, 0.1) is 0 Å². The number of sulfonamides is 1. The van der Waals surface area contributed by atoms with E-state index >= 15 is 0 Å². The molecule has 0 spiro atoms. The number of halogens is 4. The number of aliphatic imine (C=N–C) groups is 1.